The van der Waals surface area contributed by atoms with Crippen LogP contribution in [0.5, 0.6) is 0 Å². The number of fused-ring (bicyclic) bond motifs is 2. The molecule has 4 atom stereocenters. The van der Waals surface area contributed by atoms with Crippen LogP contribution in [-0.4, -0.2) is 29.1 Å². The average molecular weight is 290 g/mol. The molecule has 6 heteroatoms. The Morgan fingerprint density at radius 3 is 3.00 bits per heavy atom. The second kappa shape index (κ2) is 5.40. The molecule has 1 amide bonds. The van der Waals surface area contributed by atoms with Crippen LogP contribution in [0.1, 0.15) is 61.1 Å². The molecule has 4 unspecified atom stereocenters. The first kappa shape index (κ1) is 13.2. The minimum Gasteiger partial charge on any atom is -0.349 e. The number of amides is 1. The molecular formula is C15H22N4O2. The molecule has 2 heterocycles. The van der Waals surface area contributed by atoms with Gasteiger partial charge in [0.05, 0.1) is 6.04 Å². The van der Waals surface area contributed by atoms with E-state index < -0.39 is 0 Å². The van der Waals surface area contributed by atoms with Gasteiger partial charge in [-0.05, 0) is 56.4 Å². The van der Waals surface area contributed by atoms with Crippen LogP contribution < -0.4 is 10.6 Å². The van der Waals surface area contributed by atoms with Gasteiger partial charge in [0.2, 0.25) is 5.89 Å². The second-order valence-corrected chi connectivity index (χ2v) is 6.75. The molecule has 1 saturated heterocycles. The van der Waals surface area contributed by atoms with Crippen LogP contribution >= 0.6 is 0 Å². The molecule has 1 aromatic heterocycles. The van der Waals surface area contributed by atoms with Crippen molar-refractivity contribution in [3.05, 3.63) is 11.7 Å². The lowest BCUT2D eigenvalue weighted by atomic mass is 9.89. The third kappa shape index (κ3) is 2.57. The summed E-state index contributed by atoms with van der Waals surface area (Å²) in [6.07, 6.45) is 7.46. The molecule has 0 radical (unpaired) electrons. The van der Waals surface area contributed by atoms with Crippen LogP contribution in [0.15, 0.2) is 4.52 Å². The van der Waals surface area contributed by atoms with Crippen molar-refractivity contribution < 1.29 is 9.32 Å². The Bertz CT molecular complexity index is 523. The van der Waals surface area contributed by atoms with Crippen molar-refractivity contribution in [2.75, 3.05) is 13.1 Å². The van der Waals surface area contributed by atoms with Crippen LogP contribution in [0.2, 0.25) is 0 Å². The van der Waals surface area contributed by atoms with Crippen molar-refractivity contribution in [1.82, 2.24) is 20.8 Å². The molecule has 2 aliphatic carbocycles. The van der Waals surface area contributed by atoms with Gasteiger partial charge in [-0.1, -0.05) is 11.6 Å². The molecular weight excluding hydrogens is 268 g/mol. The summed E-state index contributed by atoms with van der Waals surface area (Å²) >= 11 is 0. The predicted octanol–water partition coefficient (Wildman–Crippen LogP) is 1.66. The Morgan fingerprint density at radius 2 is 2.29 bits per heavy atom. The van der Waals surface area contributed by atoms with E-state index in [0.717, 1.165) is 37.8 Å². The van der Waals surface area contributed by atoms with Gasteiger partial charge in [0.25, 0.3) is 11.7 Å². The van der Waals surface area contributed by atoms with E-state index in [4.69, 9.17) is 4.52 Å². The largest absolute Gasteiger partial charge is 0.349 e. The van der Waals surface area contributed by atoms with E-state index in [0.29, 0.717) is 11.8 Å². The van der Waals surface area contributed by atoms with E-state index in [2.05, 4.69) is 20.8 Å². The van der Waals surface area contributed by atoms with Gasteiger partial charge < -0.3 is 15.2 Å². The molecule has 0 spiro atoms. The standard InChI is InChI=1S/C15H22N4O2/c20-14(17-8-11-7-9-3-4-10(11)6-9)13-18-15(21-19-13)12-2-1-5-16-12/h9-12,16H,1-8H2,(H,17,20). The Balaban J connectivity index is 1.32. The predicted molar refractivity (Wildman–Crippen MR) is 75.5 cm³/mol. The van der Waals surface area contributed by atoms with Gasteiger partial charge in [-0.2, -0.15) is 4.98 Å². The number of aromatic nitrogens is 2. The van der Waals surface area contributed by atoms with Crippen molar-refractivity contribution in [1.29, 1.82) is 0 Å². The zero-order valence-corrected chi connectivity index (χ0v) is 12.2. The minimum atomic E-state index is -0.203. The fraction of sp³-hybridized carbons (Fsp3) is 0.800. The molecule has 3 fully saturated rings. The quantitative estimate of drug-likeness (QED) is 0.881. The van der Waals surface area contributed by atoms with Crippen LogP contribution in [0, 0.1) is 17.8 Å². The highest BCUT2D eigenvalue weighted by molar-refractivity contribution is 5.90. The van der Waals surface area contributed by atoms with Gasteiger partial charge in [0, 0.05) is 6.54 Å². The minimum absolute atomic E-state index is 0.115. The van der Waals surface area contributed by atoms with Gasteiger partial charge >= 0.3 is 0 Å². The van der Waals surface area contributed by atoms with E-state index in [1.165, 1.54) is 25.7 Å². The normalized spacial score (nSPS) is 34.5. The highest BCUT2D eigenvalue weighted by Crippen LogP contribution is 2.47. The molecule has 6 nitrogen and oxygen atoms in total. The molecule has 114 valence electrons. The van der Waals surface area contributed by atoms with Crippen LogP contribution in [-0.2, 0) is 0 Å². The van der Waals surface area contributed by atoms with Gasteiger partial charge in [-0.25, -0.2) is 0 Å². The maximum Gasteiger partial charge on any atom is 0.292 e. The molecule has 3 aliphatic rings. The lowest BCUT2D eigenvalue weighted by Crippen LogP contribution is -2.32. The second-order valence-electron chi connectivity index (χ2n) is 6.75. The summed E-state index contributed by atoms with van der Waals surface area (Å²) in [5.74, 6) is 2.88. The first-order valence-corrected chi connectivity index (χ1v) is 8.15. The summed E-state index contributed by atoms with van der Waals surface area (Å²) in [6.45, 7) is 1.73. The van der Waals surface area contributed by atoms with Crippen LogP contribution in [0.25, 0.3) is 0 Å². The molecule has 1 aliphatic heterocycles. The Labute approximate surface area is 124 Å². The van der Waals surface area contributed by atoms with E-state index in [9.17, 15) is 4.79 Å². The summed E-state index contributed by atoms with van der Waals surface area (Å²) in [5.41, 5.74) is 0. The molecule has 21 heavy (non-hydrogen) atoms. The number of carbonyl (C=O) groups excluding carboxylic acids is 1. The number of rotatable bonds is 4. The third-order valence-electron chi connectivity index (χ3n) is 5.41. The van der Waals surface area contributed by atoms with Gasteiger partial charge in [-0.3, -0.25) is 4.79 Å². The van der Waals surface area contributed by atoms with Crippen molar-refractivity contribution in [3.63, 3.8) is 0 Å². The first-order valence-electron chi connectivity index (χ1n) is 8.15. The van der Waals surface area contributed by atoms with Gasteiger partial charge in [0.1, 0.15) is 0 Å². The highest BCUT2D eigenvalue weighted by atomic mass is 16.5. The van der Waals surface area contributed by atoms with Crippen molar-refractivity contribution >= 4 is 5.91 Å². The third-order valence-corrected chi connectivity index (χ3v) is 5.41. The summed E-state index contributed by atoms with van der Waals surface area (Å²) in [6, 6.07) is 0.115. The number of nitrogens with one attached hydrogen (secondary N) is 2. The number of hydrogen-bond acceptors (Lipinski definition) is 5. The van der Waals surface area contributed by atoms with Crippen LogP contribution in [0.4, 0.5) is 0 Å². The molecule has 2 saturated carbocycles. The molecule has 2 bridgehead atoms. The molecule has 2 N–H and O–H groups in total. The van der Waals surface area contributed by atoms with E-state index in [-0.39, 0.29) is 17.8 Å². The number of carbonyl (C=O) groups is 1. The Morgan fingerprint density at radius 1 is 1.33 bits per heavy atom. The lowest BCUT2D eigenvalue weighted by Gasteiger charge is -2.21. The molecule has 4 rings (SSSR count). The molecule has 0 aromatic carbocycles. The summed E-state index contributed by atoms with van der Waals surface area (Å²) < 4.78 is 5.21. The fourth-order valence-corrected chi connectivity index (χ4v) is 4.29. The summed E-state index contributed by atoms with van der Waals surface area (Å²) in [7, 11) is 0. The highest BCUT2D eigenvalue weighted by Gasteiger charge is 2.39. The smallest absolute Gasteiger partial charge is 0.292 e. The topological polar surface area (TPSA) is 80.0 Å². The maximum absolute atomic E-state index is 12.1. The van der Waals surface area contributed by atoms with Gasteiger partial charge in [0.15, 0.2) is 0 Å². The number of hydrogen-bond donors (Lipinski definition) is 2. The van der Waals surface area contributed by atoms with E-state index in [1.807, 2.05) is 0 Å². The molecule has 1 aromatic rings. The SMILES string of the molecule is O=C(NCC1CC2CCC1C2)c1noc(C2CCCN2)n1. The maximum atomic E-state index is 12.1. The monoisotopic (exact) mass is 290 g/mol. The Kier molecular flexibility index (Phi) is 3.41. The van der Waals surface area contributed by atoms with Crippen molar-refractivity contribution in [2.24, 2.45) is 17.8 Å². The van der Waals surface area contributed by atoms with Crippen molar-refractivity contribution in [3.8, 4) is 0 Å². The lowest BCUT2D eigenvalue weighted by molar-refractivity contribution is 0.0928. The van der Waals surface area contributed by atoms with Crippen molar-refractivity contribution in [2.45, 2.75) is 44.6 Å². The first-order chi connectivity index (χ1) is 10.3. The van der Waals surface area contributed by atoms with E-state index >= 15 is 0 Å². The summed E-state index contributed by atoms with van der Waals surface area (Å²) in [5, 5.41) is 10.1. The van der Waals surface area contributed by atoms with Crippen LogP contribution in [0.3, 0.4) is 0 Å². The summed E-state index contributed by atoms with van der Waals surface area (Å²) in [4.78, 5) is 16.4. The zero-order chi connectivity index (χ0) is 14.2. The number of nitrogens with zero attached hydrogens (tertiary/aromatic N) is 2. The zero-order valence-electron chi connectivity index (χ0n) is 12.2. The van der Waals surface area contributed by atoms with Gasteiger partial charge in [-0.15, -0.1) is 0 Å². The fourth-order valence-electron chi connectivity index (χ4n) is 4.29. The average Bonchev–Trinajstić information content (AvgIpc) is 3.28. The van der Waals surface area contributed by atoms with E-state index in [1.54, 1.807) is 0 Å². The Hall–Kier alpha value is -1.43.